The first-order valence-electron chi connectivity index (χ1n) is 10.7. The van der Waals surface area contributed by atoms with Gasteiger partial charge in [-0.15, -0.1) is 0 Å². The molecule has 0 aliphatic heterocycles. The molecule has 0 fully saturated rings. The van der Waals surface area contributed by atoms with Gasteiger partial charge in [0.1, 0.15) is 17.2 Å². The fourth-order valence-electron chi connectivity index (χ4n) is 4.15. The maximum Gasteiger partial charge on any atom is 0.277 e. The van der Waals surface area contributed by atoms with E-state index >= 15 is 0 Å². The van der Waals surface area contributed by atoms with E-state index in [4.69, 9.17) is 22.3 Å². The number of nitrogens with one attached hydrogen (secondary N) is 2. The van der Waals surface area contributed by atoms with Gasteiger partial charge in [0.05, 0.1) is 18.4 Å². The van der Waals surface area contributed by atoms with Crippen molar-refractivity contribution >= 4 is 33.5 Å². The summed E-state index contributed by atoms with van der Waals surface area (Å²) in [4.78, 5) is 17.8. The molecule has 0 unspecified atom stereocenters. The summed E-state index contributed by atoms with van der Waals surface area (Å²) in [5.41, 5.74) is 15.5. The van der Waals surface area contributed by atoms with Crippen molar-refractivity contribution in [3.8, 4) is 0 Å². The van der Waals surface area contributed by atoms with Crippen LogP contribution in [0.3, 0.4) is 0 Å². The van der Waals surface area contributed by atoms with E-state index in [9.17, 15) is 4.79 Å². The summed E-state index contributed by atoms with van der Waals surface area (Å²) in [5.74, 6) is 0.0239. The first-order valence-corrected chi connectivity index (χ1v) is 10.7. The third-order valence-corrected chi connectivity index (χ3v) is 5.90. The Kier molecular flexibility index (Phi) is 5.18. The van der Waals surface area contributed by atoms with Gasteiger partial charge in [0.25, 0.3) is 5.56 Å². The molecule has 0 spiro atoms. The molecule has 0 saturated heterocycles. The van der Waals surface area contributed by atoms with Crippen molar-refractivity contribution in [3.05, 3.63) is 112 Å². The number of hydrogen-bond donors (Lipinski definition) is 4. The minimum atomic E-state index is -0.136. The van der Waals surface area contributed by atoms with E-state index < -0.39 is 0 Å². The van der Waals surface area contributed by atoms with Gasteiger partial charge in [-0.05, 0) is 46.2 Å². The lowest BCUT2D eigenvalue weighted by Gasteiger charge is -2.10. The molecule has 8 heteroatoms. The fourth-order valence-corrected chi connectivity index (χ4v) is 4.15. The molecule has 0 radical (unpaired) electrons. The normalized spacial score (nSPS) is 11.2. The molecule has 5 rings (SSSR count). The third kappa shape index (κ3) is 3.93. The summed E-state index contributed by atoms with van der Waals surface area (Å²) in [6.07, 6.45) is 3.42. The Morgan fingerprint density at radius 1 is 0.794 bits per heavy atom. The van der Waals surface area contributed by atoms with Crippen LogP contribution in [0.2, 0.25) is 0 Å². The van der Waals surface area contributed by atoms with Crippen LogP contribution in [0, 0.1) is 10.8 Å². The summed E-state index contributed by atoms with van der Waals surface area (Å²) in [6, 6.07) is 20.9. The highest BCUT2D eigenvalue weighted by atomic mass is 16.1. The molecule has 8 nitrogen and oxygen atoms in total. The van der Waals surface area contributed by atoms with Gasteiger partial charge >= 0.3 is 0 Å². The van der Waals surface area contributed by atoms with Gasteiger partial charge in [0.15, 0.2) is 0 Å². The highest BCUT2D eigenvalue weighted by molar-refractivity contribution is 5.99. The second kappa shape index (κ2) is 8.32. The molecule has 6 N–H and O–H groups in total. The Morgan fingerprint density at radius 2 is 1.50 bits per heavy atom. The number of nitrogens with zero attached hydrogens (tertiary/aromatic N) is 3. The highest BCUT2D eigenvalue weighted by Crippen LogP contribution is 2.20. The van der Waals surface area contributed by atoms with Crippen LogP contribution in [0.5, 0.6) is 0 Å². The topological polar surface area (TPSA) is 140 Å². The molecular formula is C26H23N7O. The van der Waals surface area contributed by atoms with Crippen LogP contribution in [-0.2, 0) is 13.1 Å². The van der Waals surface area contributed by atoms with Crippen molar-refractivity contribution in [3.63, 3.8) is 0 Å². The van der Waals surface area contributed by atoms with Gasteiger partial charge in [0, 0.05) is 23.9 Å². The van der Waals surface area contributed by atoms with Crippen molar-refractivity contribution in [1.82, 2.24) is 14.1 Å². The van der Waals surface area contributed by atoms with Crippen molar-refractivity contribution < 1.29 is 0 Å². The number of imidazole rings is 1. The van der Waals surface area contributed by atoms with E-state index in [0.717, 1.165) is 21.9 Å². The number of hydrogen-bond acceptors (Lipinski definition) is 4. The summed E-state index contributed by atoms with van der Waals surface area (Å²) in [5, 5.41) is 17.4. The zero-order valence-corrected chi connectivity index (χ0v) is 18.3. The fraction of sp³-hybridized carbons (Fsp3) is 0.0769. The zero-order valence-electron chi connectivity index (χ0n) is 18.3. The molecule has 0 bridgehead atoms. The van der Waals surface area contributed by atoms with Gasteiger partial charge in [0.2, 0.25) is 0 Å². The van der Waals surface area contributed by atoms with Crippen molar-refractivity contribution in [1.29, 1.82) is 10.8 Å². The predicted molar refractivity (Wildman–Crippen MR) is 135 cm³/mol. The Balaban J connectivity index is 1.50. The molecule has 0 atom stereocenters. The molecule has 0 aliphatic rings. The predicted octanol–water partition coefficient (Wildman–Crippen LogP) is 3.02. The number of pyridine rings is 1. The molecule has 168 valence electrons. The van der Waals surface area contributed by atoms with Crippen molar-refractivity contribution in [2.24, 2.45) is 11.5 Å². The number of nitrogens with two attached hydrogens (primary N) is 2. The Bertz CT molecular complexity index is 1640. The van der Waals surface area contributed by atoms with Crippen molar-refractivity contribution in [2.75, 3.05) is 0 Å². The third-order valence-electron chi connectivity index (χ3n) is 5.90. The first-order chi connectivity index (χ1) is 16.4. The Labute approximate surface area is 195 Å². The lowest BCUT2D eigenvalue weighted by atomic mass is 10.0. The Hall–Kier alpha value is -4.72. The first kappa shape index (κ1) is 21.1. The average molecular weight is 450 g/mol. The summed E-state index contributed by atoms with van der Waals surface area (Å²) < 4.78 is 3.50. The smallest absolute Gasteiger partial charge is 0.277 e. The molecule has 2 heterocycles. The van der Waals surface area contributed by atoms with E-state index in [1.54, 1.807) is 23.2 Å². The Morgan fingerprint density at radius 3 is 2.29 bits per heavy atom. The number of rotatable bonds is 6. The van der Waals surface area contributed by atoms with Crippen LogP contribution >= 0.6 is 0 Å². The van der Waals surface area contributed by atoms with Crippen LogP contribution in [-0.4, -0.2) is 25.8 Å². The number of benzene rings is 3. The average Bonchev–Trinajstić information content (AvgIpc) is 3.24. The minimum Gasteiger partial charge on any atom is -0.384 e. The lowest BCUT2D eigenvalue weighted by Crippen LogP contribution is -2.22. The SMILES string of the molecule is N=C(N)c1cccc(Cn2ccc3ncn(Cc4ccc5ccc(C(=N)N)cc5c4)c3c2=O)c1. The largest absolute Gasteiger partial charge is 0.384 e. The van der Waals surface area contributed by atoms with E-state index in [0.29, 0.717) is 35.2 Å². The molecule has 34 heavy (non-hydrogen) atoms. The molecular weight excluding hydrogens is 426 g/mol. The standard InChI is InChI=1S/C26H23N7O/c27-24(28)19-3-1-2-16(10-19)13-32-9-8-22-23(26(32)34)33(15-31-22)14-17-4-5-18-6-7-20(25(29)30)12-21(18)11-17/h1-12,15H,13-14H2,(H3,27,28)(H3,29,30). The number of nitrogen functional groups attached to an aromatic ring is 2. The molecule has 0 amide bonds. The van der Waals surface area contributed by atoms with Gasteiger partial charge in [-0.3, -0.25) is 15.6 Å². The summed E-state index contributed by atoms with van der Waals surface area (Å²) >= 11 is 0. The zero-order chi connectivity index (χ0) is 23.8. The lowest BCUT2D eigenvalue weighted by molar-refractivity contribution is 0.751. The molecule has 3 aromatic carbocycles. The summed E-state index contributed by atoms with van der Waals surface area (Å²) in [7, 11) is 0. The molecule has 0 saturated carbocycles. The molecule has 5 aromatic rings. The second-order valence-electron chi connectivity index (χ2n) is 8.28. The van der Waals surface area contributed by atoms with E-state index in [-0.39, 0.29) is 17.2 Å². The number of amidine groups is 2. The van der Waals surface area contributed by atoms with Crippen LogP contribution < -0.4 is 17.0 Å². The van der Waals surface area contributed by atoms with Gasteiger partial charge in [-0.25, -0.2) is 4.98 Å². The van der Waals surface area contributed by atoms with Gasteiger partial charge in [-0.1, -0.05) is 42.5 Å². The summed E-state index contributed by atoms with van der Waals surface area (Å²) in [6.45, 7) is 0.848. The molecule has 2 aromatic heterocycles. The second-order valence-corrected chi connectivity index (χ2v) is 8.28. The maximum atomic E-state index is 13.4. The maximum absolute atomic E-state index is 13.4. The minimum absolute atomic E-state index is 0.00599. The number of aromatic nitrogens is 3. The number of fused-ring (bicyclic) bond motifs is 2. The monoisotopic (exact) mass is 449 g/mol. The molecule has 0 aliphatic carbocycles. The highest BCUT2D eigenvalue weighted by Gasteiger charge is 2.11. The van der Waals surface area contributed by atoms with Crippen LogP contribution in [0.25, 0.3) is 21.8 Å². The van der Waals surface area contributed by atoms with E-state index in [1.165, 1.54) is 0 Å². The van der Waals surface area contributed by atoms with E-state index in [2.05, 4.69) is 4.98 Å². The van der Waals surface area contributed by atoms with Crippen LogP contribution in [0.4, 0.5) is 0 Å². The van der Waals surface area contributed by atoms with Crippen LogP contribution in [0.1, 0.15) is 22.3 Å². The van der Waals surface area contributed by atoms with Crippen LogP contribution in [0.15, 0.2) is 84.0 Å². The quantitative estimate of drug-likeness (QED) is 0.234. The van der Waals surface area contributed by atoms with E-state index in [1.807, 2.05) is 65.2 Å². The van der Waals surface area contributed by atoms with Gasteiger partial charge in [-0.2, -0.15) is 0 Å². The van der Waals surface area contributed by atoms with Crippen molar-refractivity contribution in [2.45, 2.75) is 13.1 Å². The van der Waals surface area contributed by atoms with Gasteiger partial charge < -0.3 is 20.6 Å².